The normalized spacial score (nSPS) is 13.5. The van der Waals surface area contributed by atoms with Crippen molar-refractivity contribution < 1.29 is 4.79 Å². The van der Waals surface area contributed by atoms with Crippen molar-refractivity contribution in [3.05, 3.63) is 65.2 Å². The van der Waals surface area contributed by atoms with Gasteiger partial charge in [-0.3, -0.25) is 4.79 Å². The summed E-state index contributed by atoms with van der Waals surface area (Å²) in [7, 11) is 3.98. The van der Waals surface area contributed by atoms with Gasteiger partial charge in [0.25, 0.3) is 0 Å². The van der Waals surface area contributed by atoms with E-state index in [1.807, 2.05) is 75.6 Å². The molecular weight excluding hydrogens is 340 g/mol. The molecule has 2 unspecified atom stereocenters. The fraction of sp³-hybridized carbons (Fsp3) is 0.316. The first-order valence-corrected chi connectivity index (χ1v) is 9.15. The SMILES string of the molecule is CC(Sc1ccccc1)C(=O)NCC(c1ccccc1Cl)N(C)C. The minimum Gasteiger partial charge on any atom is -0.353 e. The van der Waals surface area contributed by atoms with E-state index in [0.29, 0.717) is 6.54 Å². The molecule has 2 atom stereocenters. The predicted molar refractivity (Wildman–Crippen MR) is 103 cm³/mol. The van der Waals surface area contributed by atoms with E-state index in [-0.39, 0.29) is 17.2 Å². The summed E-state index contributed by atoms with van der Waals surface area (Å²) in [6, 6.07) is 17.8. The van der Waals surface area contributed by atoms with Gasteiger partial charge < -0.3 is 10.2 Å². The minimum atomic E-state index is -0.151. The van der Waals surface area contributed by atoms with E-state index in [0.717, 1.165) is 15.5 Å². The van der Waals surface area contributed by atoms with Crippen molar-refractivity contribution in [1.29, 1.82) is 0 Å². The molecule has 0 saturated carbocycles. The molecule has 0 spiro atoms. The average molecular weight is 363 g/mol. The Balaban J connectivity index is 1.96. The number of carbonyl (C=O) groups is 1. The second-order valence-corrected chi connectivity index (χ2v) is 7.64. The van der Waals surface area contributed by atoms with Gasteiger partial charge in [-0.1, -0.05) is 48.0 Å². The number of nitrogens with one attached hydrogen (secondary N) is 1. The Morgan fingerprint density at radius 1 is 1.12 bits per heavy atom. The van der Waals surface area contributed by atoms with Crippen LogP contribution >= 0.6 is 23.4 Å². The van der Waals surface area contributed by atoms with Crippen LogP contribution in [0.1, 0.15) is 18.5 Å². The molecule has 3 nitrogen and oxygen atoms in total. The van der Waals surface area contributed by atoms with E-state index in [1.54, 1.807) is 11.8 Å². The fourth-order valence-corrected chi connectivity index (χ4v) is 3.59. The zero-order chi connectivity index (χ0) is 17.5. The summed E-state index contributed by atoms with van der Waals surface area (Å²) >= 11 is 7.86. The zero-order valence-electron chi connectivity index (χ0n) is 14.2. The van der Waals surface area contributed by atoms with E-state index >= 15 is 0 Å². The molecule has 2 aromatic carbocycles. The van der Waals surface area contributed by atoms with Gasteiger partial charge in [-0.15, -0.1) is 11.8 Å². The molecule has 0 aromatic heterocycles. The van der Waals surface area contributed by atoms with E-state index in [9.17, 15) is 4.79 Å². The molecule has 2 aromatic rings. The number of rotatable bonds is 7. The van der Waals surface area contributed by atoms with Crippen LogP contribution in [0, 0.1) is 0 Å². The number of nitrogens with zero attached hydrogens (tertiary/aromatic N) is 1. The van der Waals surface area contributed by atoms with Gasteiger partial charge in [0, 0.05) is 16.5 Å². The first kappa shape index (κ1) is 18.8. The van der Waals surface area contributed by atoms with Crippen LogP contribution in [0.4, 0.5) is 0 Å². The third-order valence-corrected chi connectivity index (χ3v) is 5.24. The molecule has 0 aliphatic heterocycles. The smallest absolute Gasteiger partial charge is 0.233 e. The number of carbonyl (C=O) groups excluding carboxylic acids is 1. The third-order valence-electron chi connectivity index (χ3n) is 3.78. The second kappa shape index (κ2) is 9.11. The lowest BCUT2D eigenvalue weighted by Gasteiger charge is -2.26. The van der Waals surface area contributed by atoms with E-state index in [2.05, 4.69) is 10.2 Å². The maximum Gasteiger partial charge on any atom is 0.233 e. The van der Waals surface area contributed by atoms with Crippen LogP contribution < -0.4 is 5.32 Å². The Morgan fingerprint density at radius 2 is 1.75 bits per heavy atom. The minimum absolute atomic E-state index is 0.0303. The lowest BCUT2D eigenvalue weighted by atomic mass is 10.1. The lowest BCUT2D eigenvalue weighted by Crippen LogP contribution is -2.38. The highest BCUT2D eigenvalue weighted by Crippen LogP contribution is 2.26. The molecule has 1 N–H and O–H groups in total. The predicted octanol–water partition coefficient (Wildman–Crippen LogP) is 4.24. The molecule has 5 heteroatoms. The van der Waals surface area contributed by atoms with Crippen LogP contribution in [0.5, 0.6) is 0 Å². The summed E-state index contributed by atoms with van der Waals surface area (Å²) in [6.45, 7) is 2.45. The molecule has 0 bridgehead atoms. The lowest BCUT2D eigenvalue weighted by molar-refractivity contribution is -0.120. The first-order valence-electron chi connectivity index (χ1n) is 7.89. The second-order valence-electron chi connectivity index (χ2n) is 5.82. The topological polar surface area (TPSA) is 32.3 Å². The van der Waals surface area contributed by atoms with Gasteiger partial charge in [0.15, 0.2) is 0 Å². The highest BCUT2D eigenvalue weighted by atomic mass is 35.5. The molecule has 1 amide bonds. The van der Waals surface area contributed by atoms with Crippen LogP contribution in [-0.2, 0) is 4.79 Å². The van der Waals surface area contributed by atoms with Crippen molar-refractivity contribution >= 4 is 29.3 Å². The van der Waals surface area contributed by atoms with Crippen LogP contribution in [0.15, 0.2) is 59.5 Å². The van der Waals surface area contributed by atoms with Gasteiger partial charge in [-0.05, 0) is 44.8 Å². The third kappa shape index (κ3) is 5.26. The van der Waals surface area contributed by atoms with Gasteiger partial charge >= 0.3 is 0 Å². The van der Waals surface area contributed by atoms with Gasteiger partial charge in [0.2, 0.25) is 5.91 Å². The molecule has 0 saturated heterocycles. The fourth-order valence-electron chi connectivity index (χ4n) is 2.41. The molecule has 0 fully saturated rings. The Kier molecular flexibility index (Phi) is 7.16. The Bertz CT molecular complexity index is 663. The molecule has 0 aliphatic carbocycles. The van der Waals surface area contributed by atoms with Crippen LogP contribution in [0.3, 0.4) is 0 Å². The molecular formula is C19H23ClN2OS. The van der Waals surface area contributed by atoms with Crippen molar-refractivity contribution in [2.75, 3.05) is 20.6 Å². The van der Waals surface area contributed by atoms with Crippen molar-refractivity contribution in [2.24, 2.45) is 0 Å². The summed E-state index contributed by atoms with van der Waals surface area (Å²) in [5.74, 6) is 0.0303. The van der Waals surface area contributed by atoms with Crippen molar-refractivity contribution in [3.8, 4) is 0 Å². The van der Waals surface area contributed by atoms with Gasteiger partial charge in [-0.25, -0.2) is 0 Å². The van der Waals surface area contributed by atoms with Crippen molar-refractivity contribution in [2.45, 2.75) is 23.1 Å². The monoisotopic (exact) mass is 362 g/mol. The zero-order valence-corrected chi connectivity index (χ0v) is 15.8. The highest BCUT2D eigenvalue weighted by molar-refractivity contribution is 8.00. The number of hydrogen-bond acceptors (Lipinski definition) is 3. The number of hydrogen-bond donors (Lipinski definition) is 1. The average Bonchev–Trinajstić information content (AvgIpc) is 2.57. The Labute approximate surface area is 153 Å². The number of halogens is 1. The number of thioether (sulfide) groups is 1. The van der Waals surface area contributed by atoms with Crippen LogP contribution in [0.2, 0.25) is 5.02 Å². The van der Waals surface area contributed by atoms with Crippen LogP contribution in [-0.4, -0.2) is 36.7 Å². The van der Waals surface area contributed by atoms with E-state index in [4.69, 9.17) is 11.6 Å². The van der Waals surface area contributed by atoms with Crippen molar-refractivity contribution in [1.82, 2.24) is 10.2 Å². The first-order chi connectivity index (χ1) is 11.5. The standard InChI is InChI=1S/C19H23ClN2OS/c1-14(24-15-9-5-4-6-10-15)19(23)21-13-18(22(2)3)16-11-7-8-12-17(16)20/h4-12,14,18H,13H2,1-3H3,(H,21,23). The summed E-state index contributed by atoms with van der Waals surface area (Å²) in [6.07, 6.45) is 0. The largest absolute Gasteiger partial charge is 0.353 e. The van der Waals surface area contributed by atoms with E-state index in [1.165, 1.54) is 0 Å². The quantitative estimate of drug-likeness (QED) is 0.748. The molecule has 24 heavy (non-hydrogen) atoms. The summed E-state index contributed by atoms with van der Waals surface area (Å²) < 4.78 is 0. The highest BCUT2D eigenvalue weighted by Gasteiger charge is 2.20. The van der Waals surface area contributed by atoms with Gasteiger partial charge in [0.05, 0.1) is 11.3 Å². The Hall–Kier alpha value is -1.49. The summed E-state index contributed by atoms with van der Waals surface area (Å²) in [4.78, 5) is 15.6. The Morgan fingerprint density at radius 3 is 2.38 bits per heavy atom. The van der Waals surface area contributed by atoms with Crippen LogP contribution in [0.25, 0.3) is 0 Å². The van der Waals surface area contributed by atoms with E-state index < -0.39 is 0 Å². The van der Waals surface area contributed by atoms with Crippen molar-refractivity contribution in [3.63, 3.8) is 0 Å². The maximum absolute atomic E-state index is 12.4. The summed E-state index contributed by atoms with van der Waals surface area (Å²) in [5, 5.41) is 3.62. The van der Waals surface area contributed by atoms with Gasteiger partial charge in [-0.2, -0.15) is 0 Å². The number of likely N-dealkylation sites (N-methyl/N-ethyl adjacent to an activating group) is 1. The maximum atomic E-state index is 12.4. The van der Waals surface area contributed by atoms with Gasteiger partial charge in [0.1, 0.15) is 0 Å². The molecule has 128 valence electrons. The summed E-state index contributed by atoms with van der Waals surface area (Å²) in [5.41, 5.74) is 1.02. The number of benzene rings is 2. The number of amides is 1. The molecule has 0 heterocycles. The molecule has 2 rings (SSSR count). The molecule has 0 radical (unpaired) electrons. The molecule has 0 aliphatic rings.